The summed E-state index contributed by atoms with van der Waals surface area (Å²) in [7, 11) is 1.52. The molecule has 19 heavy (non-hydrogen) atoms. The van der Waals surface area contributed by atoms with Crippen molar-refractivity contribution in [1.29, 1.82) is 0 Å². The van der Waals surface area contributed by atoms with Gasteiger partial charge in [-0.2, -0.15) is 5.10 Å². The number of methoxy groups -OCH3 is 1. The van der Waals surface area contributed by atoms with Gasteiger partial charge < -0.3 is 9.84 Å². The smallest absolute Gasteiger partial charge is 0.216 e. The molecule has 1 aromatic heterocycles. The zero-order valence-corrected chi connectivity index (χ0v) is 11.7. The summed E-state index contributed by atoms with van der Waals surface area (Å²) in [4.78, 5) is 12.7. The van der Waals surface area contributed by atoms with Crippen LogP contribution in [0, 0.1) is 0 Å². The second kappa shape index (κ2) is 5.74. The van der Waals surface area contributed by atoms with E-state index in [0.717, 1.165) is 25.7 Å². The van der Waals surface area contributed by atoms with E-state index in [1.165, 1.54) is 13.3 Å². The van der Waals surface area contributed by atoms with Gasteiger partial charge in [-0.15, -0.1) is 0 Å². The van der Waals surface area contributed by atoms with Gasteiger partial charge in [0.2, 0.25) is 5.78 Å². The van der Waals surface area contributed by atoms with Crippen LogP contribution < -0.4 is 4.74 Å². The fraction of sp³-hybridized carbons (Fsp3) is 0.714. The van der Waals surface area contributed by atoms with Crippen LogP contribution in [0.15, 0.2) is 6.20 Å². The molecule has 5 nitrogen and oxygen atoms in total. The number of aryl methyl sites for hydroxylation is 1. The molecule has 1 aliphatic carbocycles. The summed E-state index contributed by atoms with van der Waals surface area (Å²) >= 11 is 0. The highest BCUT2D eigenvalue weighted by atomic mass is 16.5. The normalized spacial score (nSPS) is 18.9. The molecule has 0 aliphatic heterocycles. The van der Waals surface area contributed by atoms with Crippen LogP contribution in [-0.2, 0) is 6.54 Å². The van der Waals surface area contributed by atoms with Crippen molar-refractivity contribution in [1.82, 2.24) is 9.78 Å². The first-order valence-corrected chi connectivity index (χ1v) is 6.99. The second-order valence-corrected chi connectivity index (χ2v) is 5.15. The molecule has 0 radical (unpaired) electrons. The largest absolute Gasteiger partial charge is 0.493 e. The molecule has 5 heteroatoms. The second-order valence-electron chi connectivity index (χ2n) is 5.15. The zero-order valence-electron chi connectivity index (χ0n) is 11.7. The Labute approximate surface area is 113 Å². The van der Waals surface area contributed by atoms with E-state index in [1.54, 1.807) is 4.68 Å². The number of hydrogen-bond donors (Lipinski definition) is 1. The number of nitrogens with zero attached hydrogens (tertiary/aromatic N) is 2. The molecule has 1 saturated carbocycles. The van der Waals surface area contributed by atoms with E-state index in [9.17, 15) is 9.90 Å². The highest BCUT2D eigenvalue weighted by molar-refractivity contribution is 6.03. The molecule has 1 fully saturated rings. The van der Waals surface area contributed by atoms with E-state index in [0.29, 0.717) is 30.8 Å². The summed E-state index contributed by atoms with van der Waals surface area (Å²) < 4.78 is 6.80. The van der Waals surface area contributed by atoms with Gasteiger partial charge in [0.15, 0.2) is 5.75 Å². The lowest BCUT2D eigenvalue weighted by Gasteiger charge is -2.25. The van der Waals surface area contributed by atoms with E-state index >= 15 is 0 Å². The Morgan fingerprint density at radius 3 is 2.58 bits per heavy atom. The predicted molar refractivity (Wildman–Crippen MR) is 71.4 cm³/mol. The minimum atomic E-state index is -1.25. The Kier molecular flexibility index (Phi) is 4.24. The molecule has 2 rings (SSSR count). The monoisotopic (exact) mass is 266 g/mol. The summed E-state index contributed by atoms with van der Waals surface area (Å²) in [6.07, 6.45) is 6.56. The number of carbonyl (C=O) groups excluding carboxylic acids is 1. The number of hydrogen-bond acceptors (Lipinski definition) is 4. The molecule has 1 aliphatic rings. The third-order valence-electron chi connectivity index (χ3n) is 3.89. The standard InChI is InChI=1S/C14H22N2O3/c1-3-16-12(11(19-2)10-15-16)13(17)14(18)8-6-4-5-7-9-14/h10,18H,3-9H2,1-2H3. The first-order valence-electron chi connectivity index (χ1n) is 6.99. The van der Waals surface area contributed by atoms with E-state index in [1.807, 2.05) is 6.92 Å². The average molecular weight is 266 g/mol. The molecule has 1 heterocycles. The van der Waals surface area contributed by atoms with Crippen molar-refractivity contribution in [2.24, 2.45) is 0 Å². The van der Waals surface area contributed by atoms with Gasteiger partial charge >= 0.3 is 0 Å². The highest BCUT2D eigenvalue weighted by Gasteiger charge is 2.39. The molecule has 0 bridgehead atoms. The number of rotatable bonds is 4. The van der Waals surface area contributed by atoms with Crippen molar-refractivity contribution in [3.8, 4) is 5.75 Å². The average Bonchev–Trinajstić information content (AvgIpc) is 2.71. The molecule has 106 valence electrons. The van der Waals surface area contributed by atoms with Gasteiger partial charge in [-0.25, -0.2) is 0 Å². The fourth-order valence-electron chi connectivity index (χ4n) is 2.75. The Morgan fingerprint density at radius 2 is 2.05 bits per heavy atom. The lowest BCUT2D eigenvalue weighted by Crippen LogP contribution is -2.39. The summed E-state index contributed by atoms with van der Waals surface area (Å²) in [5.74, 6) is 0.204. The molecule has 1 aromatic rings. The Bertz CT molecular complexity index is 424. The van der Waals surface area contributed by atoms with Gasteiger partial charge in [0, 0.05) is 6.54 Å². The number of carbonyl (C=O) groups is 1. The maximum atomic E-state index is 12.7. The zero-order chi connectivity index (χ0) is 13.9. The van der Waals surface area contributed by atoms with Crippen molar-refractivity contribution < 1.29 is 14.6 Å². The quantitative estimate of drug-likeness (QED) is 0.670. The van der Waals surface area contributed by atoms with Crippen LogP contribution >= 0.6 is 0 Å². The van der Waals surface area contributed by atoms with E-state index in [-0.39, 0.29) is 5.78 Å². The van der Waals surface area contributed by atoms with Crippen LogP contribution in [0.3, 0.4) is 0 Å². The minimum Gasteiger partial charge on any atom is -0.493 e. The lowest BCUT2D eigenvalue weighted by molar-refractivity contribution is 0.0225. The number of aromatic nitrogens is 2. The third kappa shape index (κ3) is 2.66. The van der Waals surface area contributed by atoms with Gasteiger partial charge in [0.05, 0.1) is 13.3 Å². The summed E-state index contributed by atoms with van der Waals surface area (Å²) in [5, 5.41) is 14.8. The first kappa shape index (κ1) is 14.1. The van der Waals surface area contributed by atoms with Gasteiger partial charge in [-0.05, 0) is 19.8 Å². The van der Waals surface area contributed by atoms with Gasteiger partial charge in [0.1, 0.15) is 11.3 Å². The molecule has 0 atom stereocenters. The number of Topliss-reactive ketones (excluding diaryl/α,β-unsaturated/α-hetero) is 1. The Hall–Kier alpha value is -1.36. The fourth-order valence-corrected chi connectivity index (χ4v) is 2.75. The first-order chi connectivity index (χ1) is 9.12. The van der Waals surface area contributed by atoms with Crippen molar-refractivity contribution >= 4 is 5.78 Å². The molecule has 0 spiro atoms. The van der Waals surface area contributed by atoms with E-state index in [4.69, 9.17) is 4.74 Å². The molecular formula is C14H22N2O3. The van der Waals surface area contributed by atoms with Crippen molar-refractivity contribution in [3.05, 3.63) is 11.9 Å². The molecule has 1 N–H and O–H groups in total. The Balaban J connectivity index is 2.34. The summed E-state index contributed by atoms with van der Waals surface area (Å²) in [5.41, 5.74) is -0.856. The van der Waals surface area contributed by atoms with Crippen LogP contribution in [0.1, 0.15) is 55.9 Å². The predicted octanol–water partition coefficient (Wildman–Crippen LogP) is 2.18. The van der Waals surface area contributed by atoms with Gasteiger partial charge in [-0.3, -0.25) is 9.48 Å². The summed E-state index contributed by atoms with van der Waals surface area (Å²) in [6, 6.07) is 0. The van der Waals surface area contributed by atoms with Crippen molar-refractivity contribution in [3.63, 3.8) is 0 Å². The van der Waals surface area contributed by atoms with E-state index in [2.05, 4.69) is 5.10 Å². The number of ether oxygens (including phenoxy) is 1. The highest BCUT2D eigenvalue weighted by Crippen LogP contribution is 2.32. The number of aliphatic hydroxyl groups is 1. The van der Waals surface area contributed by atoms with Crippen LogP contribution in [0.2, 0.25) is 0 Å². The van der Waals surface area contributed by atoms with Crippen molar-refractivity contribution in [2.45, 2.75) is 57.6 Å². The summed E-state index contributed by atoms with van der Waals surface area (Å²) in [6.45, 7) is 2.50. The van der Waals surface area contributed by atoms with Crippen LogP contribution in [0.5, 0.6) is 5.75 Å². The van der Waals surface area contributed by atoms with Gasteiger partial charge in [-0.1, -0.05) is 25.7 Å². The van der Waals surface area contributed by atoms with Gasteiger partial charge in [0.25, 0.3) is 0 Å². The third-order valence-corrected chi connectivity index (χ3v) is 3.89. The van der Waals surface area contributed by atoms with Crippen LogP contribution in [0.25, 0.3) is 0 Å². The maximum absolute atomic E-state index is 12.7. The molecule has 0 aromatic carbocycles. The SMILES string of the molecule is CCn1ncc(OC)c1C(=O)C1(O)CCCCCC1. The van der Waals surface area contributed by atoms with Crippen molar-refractivity contribution in [2.75, 3.05) is 7.11 Å². The Morgan fingerprint density at radius 1 is 1.42 bits per heavy atom. The lowest BCUT2D eigenvalue weighted by atomic mass is 9.88. The van der Waals surface area contributed by atoms with Crippen LogP contribution in [-0.4, -0.2) is 33.4 Å². The maximum Gasteiger partial charge on any atom is 0.216 e. The molecule has 0 amide bonds. The van der Waals surface area contributed by atoms with Crippen LogP contribution in [0.4, 0.5) is 0 Å². The minimum absolute atomic E-state index is 0.245. The van der Waals surface area contributed by atoms with E-state index < -0.39 is 5.60 Å². The molecular weight excluding hydrogens is 244 g/mol. The molecule has 0 saturated heterocycles. The molecule has 0 unspecified atom stereocenters. The topological polar surface area (TPSA) is 64.4 Å². The number of ketones is 1.